The summed E-state index contributed by atoms with van der Waals surface area (Å²) in [5.74, 6) is 0.555. The number of esters is 1. The molecule has 5 atom stereocenters. The van der Waals surface area contributed by atoms with Crippen molar-refractivity contribution in [3.8, 4) is 0 Å². The molecule has 1 heterocycles. The highest BCUT2D eigenvalue weighted by atomic mass is 79.9. The van der Waals surface area contributed by atoms with Crippen molar-refractivity contribution in [1.82, 2.24) is 5.32 Å². The van der Waals surface area contributed by atoms with E-state index >= 15 is 0 Å². The number of carbonyl (C=O) groups excluding carboxylic acids is 2. The van der Waals surface area contributed by atoms with E-state index < -0.39 is 0 Å². The van der Waals surface area contributed by atoms with E-state index in [-0.39, 0.29) is 43.2 Å². The molecule has 0 spiro atoms. The number of nitrogens with one attached hydrogen (secondary N) is 1. The van der Waals surface area contributed by atoms with Gasteiger partial charge in [0.2, 0.25) is 5.91 Å². The second-order valence-corrected chi connectivity index (χ2v) is 13.4. The van der Waals surface area contributed by atoms with E-state index in [2.05, 4.69) is 82.8 Å². The van der Waals surface area contributed by atoms with Gasteiger partial charge in [0.1, 0.15) is 6.10 Å². The van der Waals surface area contributed by atoms with Gasteiger partial charge in [0.15, 0.2) is 0 Å². The van der Waals surface area contributed by atoms with Crippen LogP contribution in [0.1, 0.15) is 109 Å². The van der Waals surface area contributed by atoms with E-state index in [4.69, 9.17) is 14.0 Å². The number of carbonyl (C=O) groups is 2. The lowest BCUT2D eigenvalue weighted by molar-refractivity contribution is -0.147. The maximum absolute atomic E-state index is 12.8. The molecule has 6 nitrogen and oxygen atoms in total. The number of unbranched alkanes of at least 4 members (excludes halogenated alkanes) is 5. The Morgan fingerprint density at radius 1 is 1.00 bits per heavy atom. The van der Waals surface area contributed by atoms with Crippen LogP contribution in [0.15, 0.2) is 54.6 Å². The highest BCUT2D eigenvalue weighted by Crippen LogP contribution is 2.44. The number of alkyl halides is 1. The number of hydrogen-bond donors (Lipinski definition) is 1. The molecule has 3 rings (SSSR count). The maximum Gasteiger partial charge on any atom is 0.457 e. The smallest absolute Gasteiger partial charge is 0.457 e. The molecule has 1 N–H and O–H groups in total. The van der Waals surface area contributed by atoms with Gasteiger partial charge < -0.3 is 19.4 Å². The molecular formula is C37H57BBrNO5. The molecule has 1 aliphatic heterocycles. The van der Waals surface area contributed by atoms with E-state index in [1.807, 2.05) is 6.92 Å². The first-order chi connectivity index (χ1) is 22.0. The van der Waals surface area contributed by atoms with E-state index in [9.17, 15) is 9.59 Å². The van der Waals surface area contributed by atoms with Crippen LogP contribution >= 0.6 is 15.9 Å². The lowest BCUT2D eigenvalue weighted by Crippen LogP contribution is -2.37. The SMILES string of the molecule is CCCCB1OC2CC(O1)[C@H](C/C=C\CCCC(=O)NCC)[C@H]2/C=C/[C@H](CCCCc1ccccc1)OC(=O)CCCCCBr. The van der Waals surface area contributed by atoms with Gasteiger partial charge >= 0.3 is 13.1 Å². The van der Waals surface area contributed by atoms with Gasteiger partial charge in [0.25, 0.3) is 0 Å². The first-order valence-electron chi connectivity index (χ1n) is 17.7. The van der Waals surface area contributed by atoms with Crippen molar-refractivity contribution in [2.24, 2.45) is 11.8 Å². The molecule has 1 saturated heterocycles. The molecule has 45 heavy (non-hydrogen) atoms. The van der Waals surface area contributed by atoms with Crippen molar-refractivity contribution >= 4 is 34.9 Å². The van der Waals surface area contributed by atoms with Crippen LogP contribution in [0.3, 0.4) is 0 Å². The summed E-state index contributed by atoms with van der Waals surface area (Å²) in [6.45, 7) is 4.83. The fraction of sp³-hybridized carbons (Fsp3) is 0.676. The summed E-state index contributed by atoms with van der Waals surface area (Å²) in [4.78, 5) is 24.6. The van der Waals surface area contributed by atoms with Gasteiger partial charge in [-0.2, -0.15) is 0 Å². The molecule has 2 bridgehead atoms. The number of fused-ring (bicyclic) bond motifs is 2. The summed E-state index contributed by atoms with van der Waals surface area (Å²) in [5, 5.41) is 3.84. The highest BCUT2D eigenvalue weighted by molar-refractivity contribution is 9.09. The first-order valence-corrected chi connectivity index (χ1v) is 18.9. The lowest BCUT2D eigenvalue weighted by Gasteiger charge is -2.27. The van der Waals surface area contributed by atoms with Gasteiger partial charge in [-0.1, -0.05) is 90.7 Å². The number of rotatable bonds is 23. The third-order valence-electron chi connectivity index (χ3n) is 8.93. The topological polar surface area (TPSA) is 73.9 Å². The summed E-state index contributed by atoms with van der Waals surface area (Å²) < 4.78 is 19.1. The van der Waals surface area contributed by atoms with Crippen LogP contribution in [0.2, 0.25) is 6.32 Å². The Bertz CT molecular complexity index is 1020. The Kier molecular flexibility index (Phi) is 18.9. The molecule has 2 aliphatic rings. The zero-order chi connectivity index (χ0) is 32.1. The third-order valence-corrected chi connectivity index (χ3v) is 9.49. The first kappa shape index (κ1) is 37.6. The van der Waals surface area contributed by atoms with Gasteiger partial charge in [-0.05, 0) is 95.0 Å². The minimum absolute atomic E-state index is 0.0984. The van der Waals surface area contributed by atoms with Gasteiger partial charge in [0, 0.05) is 36.7 Å². The molecular weight excluding hydrogens is 629 g/mol. The molecule has 8 heteroatoms. The Hall–Kier alpha value is -1.90. The number of halogens is 1. The molecule has 1 aliphatic carbocycles. The quantitative estimate of drug-likeness (QED) is 0.0410. The summed E-state index contributed by atoms with van der Waals surface area (Å²) >= 11 is 3.48. The van der Waals surface area contributed by atoms with E-state index in [0.29, 0.717) is 25.3 Å². The normalized spacial score (nSPS) is 21.9. The number of ether oxygens (including phenoxy) is 1. The van der Waals surface area contributed by atoms with Crippen LogP contribution in [0.4, 0.5) is 0 Å². The van der Waals surface area contributed by atoms with E-state index in [1.54, 1.807) is 0 Å². The Labute approximate surface area is 281 Å². The highest BCUT2D eigenvalue weighted by Gasteiger charge is 2.49. The summed E-state index contributed by atoms with van der Waals surface area (Å²) in [7, 11) is -0.137. The van der Waals surface area contributed by atoms with Gasteiger partial charge in [0.05, 0.1) is 6.10 Å². The van der Waals surface area contributed by atoms with Crippen molar-refractivity contribution in [1.29, 1.82) is 0 Å². The van der Waals surface area contributed by atoms with Gasteiger partial charge in [-0.15, -0.1) is 0 Å². The van der Waals surface area contributed by atoms with Gasteiger partial charge in [-0.25, -0.2) is 0 Å². The Balaban J connectivity index is 1.64. The second kappa shape index (κ2) is 22.6. The molecule has 1 aromatic rings. The fourth-order valence-corrected chi connectivity index (χ4v) is 6.86. The number of amides is 1. The van der Waals surface area contributed by atoms with Crippen LogP contribution in [0.5, 0.6) is 0 Å². The predicted octanol–water partition coefficient (Wildman–Crippen LogP) is 8.78. The predicted molar refractivity (Wildman–Crippen MR) is 188 cm³/mol. The standard InChI is InChI=1S/C37H57BBrNO5/c1-3-5-27-38-44-34-29-35(45-38)33(32(34)22-12-6-7-13-23-36(41)40-4-2)26-25-31(43-37(42)24-14-9-17-28-39)21-16-15-20-30-18-10-8-11-19-30/h6,8,10-12,18-19,25-26,31-35H,3-5,7,9,13-17,20-24,27-29H2,1-2H3,(H,40,41)/b12-6-,26-25+/t31-,32+,33+,34?,35?/m0/s1. The average molecular weight is 687 g/mol. The van der Waals surface area contributed by atoms with E-state index in [0.717, 1.165) is 95.1 Å². The largest absolute Gasteiger partial charge is 0.458 e. The lowest BCUT2D eigenvalue weighted by atomic mass is 9.80. The van der Waals surface area contributed by atoms with E-state index in [1.165, 1.54) is 5.56 Å². The Morgan fingerprint density at radius 3 is 2.60 bits per heavy atom. The van der Waals surface area contributed by atoms with Crippen LogP contribution in [0, 0.1) is 11.8 Å². The summed E-state index contributed by atoms with van der Waals surface area (Å²) in [6.07, 6.45) is 23.6. The number of aryl methyl sites for hydroxylation is 1. The third kappa shape index (κ3) is 14.6. The molecule has 1 amide bonds. The van der Waals surface area contributed by atoms with Crippen LogP contribution in [-0.4, -0.2) is 49.2 Å². The van der Waals surface area contributed by atoms with Crippen molar-refractivity contribution in [3.05, 3.63) is 60.2 Å². The van der Waals surface area contributed by atoms with Crippen molar-refractivity contribution < 1.29 is 23.6 Å². The van der Waals surface area contributed by atoms with Crippen LogP contribution in [-0.2, 0) is 30.1 Å². The average Bonchev–Trinajstić information content (AvgIpc) is 3.28. The van der Waals surface area contributed by atoms with Crippen molar-refractivity contribution in [2.75, 3.05) is 11.9 Å². The summed E-state index contributed by atoms with van der Waals surface area (Å²) in [5.41, 5.74) is 1.35. The van der Waals surface area contributed by atoms with Crippen molar-refractivity contribution in [3.63, 3.8) is 0 Å². The zero-order valence-corrected chi connectivity index (χ0v) is 29.4. The minimum Gasteiger partial charge on any atom is -0.458 e. The molecule has 1 aromatic carbocycles. The zero-order valence-electron chi connectivity index (χ0n) is 27.8. The second-order valence-electron chi connectivity index (χ2n) is 12.6. The van der Waals surface area contributed by atoms with Crippen molar-refractivity contribution in [2.45, 2.75) is 135 Å². The fourth-order valence-electron chi connectivity index (χ4n) is 6.46. The Morgan fingerprint density at radius 2 is 1.82 bits per heavy atom. The van der Waals surface area contributed by atoms with Crippen LogP contribution in [0.25, 0.3) is 0 Å². The molecule has 250 valence electrons. The molecule has 2 unspecified atom stereocenters. The molecule has 0 aromatic heterocycles. The van der Waals surface area contributed by atoms with Crippen LogP contribution < -0.4 is 5.32 Å². The number of allylic oxidation sites excluding steroid dienone is 2. The monoisotopic (exact) mass is 685 g/mol. The molecule has 1 saturated carbocycles. The number of hydrogen-bond acceptors (Lipinski definition) is 5. The molecule has 0 radical (unpaired) electrons. The number of benzene rings is 1. The summed E-state index contributed by atoms with van der Waals surface area (Å²) in [6, 6.07) is 10.6. The molecule has 2 fully saturated rings. The van der Waals surface area contributed by atoms with Gasteiger partial charge in [-0.3, -0.25) is 9.59 Å². The minimum atomic E-state index is -0.229. The maximum atomic E-state index is 12.8.